The maximum atomic E-state index is 12.2. The molecule has 1 amide bonds. The molecule has 0 spiro atoms. The molecule has 17 heavy (non-hydrogen) atoms. The van der Waals surface area contributed by atoms with Gasteiger partial charge in [0.25, 0.3) is 0 Å². The summed E-state index contributed by atoms with van der Waals surface area (Å²) in [6, 6.07) is 5.61. The highest BCUT2D eigenvalue weighted by Gasteiger charge is 2.52. The molecule has 0 heterocycles. The van der Waals surface area contributed by atoms with Gasteiger partial charge in [0.05, 0.1) is 5.41 Å². The second-order valence-corrected chi connectivity index (χ2v) is 3.99. The van der Waals surface area contributed by atoms with Crippen molar-refractivity contribution < 1.29 is 22.7 Å². The molecule has 0 saturated heterocycles. The molecular weight excluding hydrogens is 235 g/mol. The van der Waals surface area contributed by atoms with Crippen LogP contribution in [-0.2, 0) is 10.2 Å². The van der Waals surface area contributed by atoms with E-state index in [9.17, 15) is 18.0 Å². The van der Waals surface area contributed by atoms with Gasteiger partial charge in [0.15, 0.2) is 0 Å². The molecule has 92 valence electrons. The van der Waals surface area contributed by atoms with Crippen LogP contribution >= 0.6 is 0 Å². The Balaban J connectivity index is 2.38. The molecule has 1 aliphatic rings. The molecule has 1 aromatic carbocycles. The number of nitrogens with two attached hydrogens (primary N) is 1. The van der Waals surface area contributed by atoms with Gasteiger partial charge in [-0.1, -0.05) is 18.2 Å². The third-order valence-electron chi connectivity index (χ3n) is 2.85. The van der Waals surface area contributed by atoms with Gasteiger partial charge in [-0.25, -0.2) is 0 Å². The number of benzene rings is 1. The fraction of sp³-hybridized carbons (Fsp3) is 0.364. The van der Waals surface area contributed by atoms with Crippen molar-refractivity contribution in [3.05, 3.63) is 29.8 Å². The number of hydrogen-bond donors (Lipinski definition) is 1. The van der Waals surface area contributed by atoms with Crippen LogP contribution in [0.25, 0.3) is 0 Å². The molecule has 1 aromatic rings. The first-order valence-electron chi connectivity index (χ1n) is 5.00. The number of para-hydroxylation sites is 1. The summed E-state index contributed by atoms with van der Waals surface area (Å²) in [4.78, 5) is 11.3. The maximum absolute atomic E-state index is 12.2. The van der Waals surface area contributed by atoms with Gasteiger partial charge in [-0.3, -0.25) is 4.79 Å². The molecule has 1 aliphatic carbocycles. The van der Waals surface area contributed by atoms with E-state index in [0.29, 0.717) is 12.8 Å². The van der Waals surface area contributed by atoms with Crippen molar-refractivity contribution in [2.45, 2.75) is 24.6 Å². The van der Waals surface area contributed by atoms with E-state index in [-0.39, 0.29) is 11.3 Å². The van der Waals surface area contributed by atoms with Crippen LogP contribution in [0.15, 0.2) is 24.3 Å². The molecule has 0 aromatic heterocycles. The van der Waals surface area contributed by atoms with Crippen molar-refractivity contribution in [3.8, 4) is 5.75 Å². The van der Waals surface area contributed by atoms with E-state index in [2.05, 4.69) is 4.74 Å². The Morgan fingerprint density at radius 1 is 1.29 bits per heavy atom. The smallest absolute Gasteiger partial charge is 0.405 e. The summed E-state index contributed by atoms with van der Waals surface area (Å²) in [6.45, 7) is 0. The van der Waals surface area contributed by atoms with Crippen molar-refractivity contribution >= 4 is 5.91 Å². The Morgan fingerprint density at radius 2 is 1.88 bits per heavy atom. The van der Waals surface area contributed by atoms with Gasteiger partial charge < -0.3 is 10.5 Å². The number of carbonyl (C=O) groups excluding carboxylic acids is 1. The van der Waals surface area contributed by atoms with E-state index in [1.165, 1.54) is 18.2 Å². The highest BCUT2D eigenvalue weighted by Crippen LogP contribution is 2.51. The molecule has 1 fully saturated rings. The Morgan fingerprint density at radius 3 is 2.35 bits per heavy atom. The fourth-order valence-corrected chi connectivity index (χ4v) is 1.85. The number of rotatable bonds is 3. The van der Waals surface area contributed by atoms with Crippen LogP contribution in [-0.4, -0.2) is 12.3 Å². The Kier molecular flexibility index (Phi) is 2.52. The van der Waals surface area contributed by atoms with Crippen LogP contribution < -0.4 is 10.5 Å². The maximum Gasteiger partial charge on any atom is 0.573 e. The average molecular weight is 245 g/mol. The van der Waals surface area contributed by atoms with E-state index in [4.69, 9.17) is 5.73 Å². The Bertz CT molecular complexity index is 452. The molecule has 0 atom stereocenters. The molecule has 1 saturated carbocycles. The van der Waals surface area contributed by atoms with Crippen LogP contribution in [0.4, 0.5) is 13.2 Å². The summed E-state index contributed by atoms with van der Waals surface area (Å²) in [7, 11) is 0. The van der Waals surface area contributed by atoms with Crippen LogP contribution in [0.2, 0.25) is 0 Å². The number of hydrogen-bond acceptors (Lipinski definition) is 2. The average Bonchev–Trinajstić information content (AvgIpc) is 2.96. The molecular formula is C11H10F3NO2. The molecule has 0 unspecified atom stereocenters. The Labute approximate surface area is 95.4 Å². The quantitative estimate of drug-likeness (QED) is 0.886. The number of carbonyl (C=O) groups is 1. The highest BCUT2D eigenvalue weighted by atomic mass is 19.4. The van der Waals surface area contributed by atoms with E-state index in [0.717, 1.165) is 0 Å². The molecule has 0 aliphatic heterocycles. The lowest BCUT2D eigenvalue weighted by Gasteiger charge is -2.17. The first-order valence-corrected chi connectivity index (χ1v) is 5.00. The number of amides is 1. The molecule has 2 N–H and O–H groups in total. The number of alkyl halides is 3. The van der Waals surface area contributed by atoms with E-state index < -0.39 is 17.7 Å². The van der Waals surface area contributed by atoms with Crippen molar-refractivity contribution in [2.24, 2.45) is 5.73 Å². The van der Waals surface area contributed by atoms with Crippen LogP contribution in [0.5, 0.6) is 5.75 Å². The summed E-state index contributed by atoms with van der Waals surface area (Å²) in [5.41, 5.74) is 4.45. The van der Waals surface area contributed by atoms with Gasteiger partial charge in [0, 0.05) is 5.56 Å². The molecule has 0 radical (unpaired) electrons. The van der Waals surface area contributed by atoms with E-state index >= 15 is 0 Å². The van der Waals surface area contributed by atoms with Gasteiger partial charge in [-0.2, -0.15) is 0 Å². The third-order valence-corrected chi connectivity index (χ3v) is 2.85. The zero-order valence-corrected chi connectivity index (χ0v) is 8.75. The number of halogens is 3. The van der Waals surface area contributed by atoms with Gasteiger partial charge in [-0.05, 0) is 18.9 Å². The second kappa shape index (κ2) is 3.65. The summed E-state index contributed by atoms with van der Waals surface area (Å²) >= 11 is 0. The minimum Gasteiger partial charge on any atom is -0.405 e. The first-order chi connectivity index (χ1) is 7.85. The SMILES string of the molecule is NC(=O)C1(c2ccccc2OC(F)(F)F)CC1. The minimum atomic E-state index is -4.77. The lowest BCUT2D eigenvalue weighted by Crippen LogP contribution is -2.29. The lowest BCUT2D eigenvalue weighted by molar-refractivity contribution is -0.275. The van der Waals surface area contributed by atoms with Gasteiger partial charge in [0.2, 0.25) is 5.91 Å². The molecule has 2 rings (SSSR count). The summed E-state index contributed by atoms with van der Waals surface area (Å²) in [5, 5.41) is 0. The summed E-state index contributed by atoms with van der Waals surface area (Å²) < 4.78 is 40.5. The van der Waals surface area contributed by atoms with Crippen molar-refractivity contribution in [1.82, 2.24) is 0 Å². The summed E-state index contributed by atoms with van der Waals surface area (Å²) in [6.07, 6.45) is -3.86. The van der Waals surface area contributed by atoms with Crippen LogP contribution in [0.1, 0.15) is 18.4 Å². The monoisotopic (exact) mass is 245 g/mol. The van der Waals surface area contributed by atoms with Gasteiger partial charge in [-0.15, -0.1) is 13.2 Å². The zero-order chi connectivity index (χ0) is 12.7. The predicted octanol–water partition coefficient (Wildman–Crippen LogP) is 2.10. The highest BCUT2D eigenvalue weighted by molar-refractivity contribution is 5.90. The normalized spacial score (nSPS) is 17.6. The minimum absolute atomic E-state index is 0.213. The number of primary amides is 1. The van der Waals surface area contributed by atoms with Crippen LogP contribution in [0.3, 0.4) is 0 Å². The van der Waals surface area contributed by atoms with Gasteiger partial charge >= 0.3 is 6.36 Å². The van der Waals surface area contributed by atoms with Crippen molar-refractivity contribution in [1.29, 1.82) is 0 Å². The van der Waals surface area contributed by atoms with Crippen molar-refractivity contribution in [2.75, 3.05) is 0 Å². The predicted molar refractivity (Wildman–Crippen MR) is 53.2 cm³/mol. The third kappa shape index (κ3) is 2.20. The Hall–Kier alpha value is -1.72. The largest absolute Gasteiger partial charge is 0.573 e. The van der Waals surface area contributed by atoms with E-state index in [1.54, 1.807) is 6.07 Å². The first kappa shape index (κ1) is 11.8. The molecule has 0 bridgehead atoms. The molecule has 3 nitrogen and oxygen atoms in total. The number of ether oxygens (including phenoxy) is 1. The zero-order valence-electron chi connectivity index (χ0n) is 8.75. The van der Waals surface area contributed by atoms with Gasteiger partial charge in [0.1, 0.15) is 5.75 Å². The second-order valence-electron chi connectivity index (χ2n) is 3.99. The topological polar surface area (TPSA) is 52.3 Å². The van der Waals surface area contributed by atoms with Crippen molar-refractivity contribution in [3.63, 3.8) is 0 Å². The van der Waals surface area contributed by atoms with E-state index in [1.807, 2.05) is 0 Å². The lowest BCUT2D eigenvalue weighted by atomic mass is 9.94. The fourth-order valence-electron chi connectivity index (χ4n) is 1.85. The van der Waals surface area contributed by atoms with Crippen LogP contribution in [0, 0.1) is 0 Å². The standard InChI is InChI=1S/C11H10F3NO2/c12-11(13,14)17-8-4-2-1-3-7(8)10(5-6-10)9(15)16/h1-4H,5-6H2,(H2,15,16). The molecule has 6 heteroatoms. The summed E-state index contributed by atoms with van der Waals surface area (Å²) in [5.74, 6) is -0.966.